The molecule has 0 spiro atoms. The van der Waals surface area contributed by atoms with Gasteiger partial charge in [0, 0.05) is 6.61 Å². The van der Waals surface area contributed by atoms with Crippen molar-refractivity contribution in [3.63, 3.8) is 0 Å². The first-order valence-corrected chi connectivity index (χ1v) is 4.15. The largest absolute Gasteiger partial charge is 0.424 e. The van der Waals surface area contributed by atoms with Gasteiger partial charge in [-0.3, -0.25) is 0 Å². The number of hydrogen-bond acceptors (Lipinski definition) is 1. The van der Waals surface area contributed by atoms with Crippen molar-refractivity contribution in [3.05, 3.63) is 0 Å². The molecule has 0 saturated carbocycles. The van der Waals surface area contributed by atoms with E-state index < -0.39 is 0 Å². The van der Waals surface area contributed by atoms with Gasteiger partial charge in [-0.05, 0) is 34.4 Å². The molecule has 4 heteroatoms. The minimum Gasteiger partial charge on any atom is -0.424 e. The summed E-state index contributed by atoms with van der Waals surface area (Å²) in [7, 11) is 0.00849. The summed E-state index contributed by atoms with van der Waals surface area (Å²) >= 11 is 0. The highest BCUT2D eigenvalue weighted by Gasteiger charge is 1.96. The molecular weight excluding hydrogens is 148 g/mol. The Morgan fingerprint density at radius 1 is 1.12 bits per heavy atom. The Hall–Kier alpha value is 0.611. The summed E-state index contributed by atoms with van der Waals surface area (Å²) in [6, 6.07) is 1.42. The van der Waals surface area contributed by atoms with Crippen LogP contribution in [0.1, 0.15) is 12.8 Å². The molecule has 0 atom stereocenters. The van der Waals surface area contributed by atoms with Crippen molar-refractivity contribution in [1.82, 2.24) is 0 Å². The van der Waals surface area contributed by atoms with Crippen molar-refractivity contribution in [2.75, 3.05) is 6.61 Å². The van der Waals surface area contributed by atoms with Gasteiger partial charge >= 0.3 is 0 Å². The van der Waals surface area contributed by atoms with Crippen molar-refractivity contribution in [3.8, 4) is 0 Å². The van der Waals surface area contributed by atoms with Crippen molar-refractivity contribution in [2.24, 2.45) is 0 Å². The van der Waals surface area contributed by atoms with E-state index in [-0.39, 0.29) is 31.7 Å². The van der Waals surface area contributed by atoms with Crippen LogP contribution in [0.15, 0.2) is 0 Å². The molecule has 1 nitrogen and oxygen atoms in total. The van der Waals surface area contributed by atoms with Crippen LogP contribution in [-0.2, 0) is 4.43 Å². The van der Waals surface area contributed by atoms with E-state index >= 15 is 0 Å². The average molecular weight is 166 g/mol. The second-order valence-corrected chi connectivity index (χ2v) is 3.20. The lowest BCUT2D eigenvalue weighted by molar-refractivity contribution is 0.304. The molecule has 0 aromatic rings. The van der Waals surface area contributed by atoms with E-state index in [4.69, 9.17) is 4.43 Å². The minimum atomic E-state index is 0. The zero-order chi connectivity index (χ0) is 4.24. The van der Waals surface area contributed by atoms with Gasteiger partial charge in [-0.2, -0.15) is 0 Å². The lowest BCUT2D eigenvalue weighted by Gasteiger charge is -2.07. The van der Waals surface area contributed by atoms with E-state index in [0.29, 0.717) is 0 Å². The molecule has 1 rings (SSSR count). The second kappa shape index (κ2) is 7.61. The summed E-state index contributed by atoms with van der Waals surface area (Å²) in [5, 5.41) is 0. The summed E-state index contributed by atoms with van der Waals surface area (Å²) in [5.74, 6) is 0. The molecule has 1 heterocycles. The van der Waals surface area contributed by atoms with Crippen LogP contribution in [0.2, 0.25) is 6.04 Å². The van der Waals surface area contributed by atoms with Gasteiger partial charge in [0.15, 0.2) is 9.76 Å². The van der Waals surface area contributed by atoms with Crippen LogP contribution in [0.5, 0.6) is 0 Å². The topological polar surface area (TPSA) is 9.23 Å². The minimum absolute atomic E-state index is 0. The Balaban J connectivity index is 0. The normalized spacial score (nSPS) is 21.0. The van der Waals surface area contributed by atoms with E-state index in [9.17, 15) is 0 Å². The van der Waals surface area contributed by atoms with Gasteiger partial charge in [0.05, 0.1) is 0 Å². The zero-order valence-corrected chi connectivity index (χ0v) is 5.36. The number of rotatable bonds is 0. The lowest BCUT2D eigenvalue weighted by atomic mass is 10.4. The summed E-state index contributed by atoms with van der Waals surface area (Å²) < 4.78 is 5.21. The standard InChI is InChI=1S/C4H10OSi.2H4Si/c1-2-4-6-5-3-1;;/h1-4,6H2;2*1H4. The highest BCUT2D eigenvalue weighted by Crippen LogP contribution is 2.01. The second-order valence-electron chi connectivity index (χ2n) is 1.67. The van der Waals surface area contributed by atoms with E-state index in [2.05, 4.69) is 0 Å². The summed E-state index contributed by atoms with van der Waals surface area (Å²) in [6.45, 7) is 1.06. The smallest absolute Gasteiger partial charge is 0.161 e. The number of hydrogen-bond donors (Lipinski definition) is 0. The molecule has 1 saturated heterocycles. The monoisotopic (exact) mass is 166 g/mol. The van der Waals surface area contributed by atoms with Crippen molar-refractivity contribution < 1.29 is 4.43 Å². The van der Waals surface area contributed by atoms with Gasteiger partial charge in [0.25, 0.3) is 0 Å². The summed E-state index contributed by atoms with van der Waals surface area (Å²) in [6.07, 6.45) is 2.75. The highest BCUT2D eigenvalue weighted by molar-refractivity contribution is 6.27. The Bertz CT molecular complexity index is 26.8. The molecule has 0 N–H and O–H groups in total. The third-order valence-corrected chi connectivity index (χ3v) is 2.44. The van der Waals surface area contributed by atoms with Crippen molar-refractivity contribution in [1.29, 1.82) is 0 Å². The van der Waals surface area contributed by atoms with E-state index in [1.165, 1.54) is 18.9 Å². The van der Waals surface area contributed by atoms with Gasteiger partial charge in [-0.1, -0.05) is 6.42 Å². The van der Waals surface area contributed by atoms with Crippen LogP contribution >= 0.6 is 0 Å². The van der Waals surface area contributed by atoms with Gasteiger partial charge in [-0.15, -0.1) is 0 Å². The van der Waals surface area contributed by atoms with Gasteiger partial charge in [0.1, 0.15) is 0 Å². The molecule has 0 aromatic carbocycles. The molecular formula is C4H18OSi3. The van der Waals surface area contributed by atoms with Crippen LogP contribution < -0.4 is 0 Å². The Kier molecular flexibility index (Phi) is 10.9. The quantitative estimate of drug-likeness (QED) is 0.359. The van der Waals surface area contributed by atoms with E-state index in [1.807, 2.05) is 0 Å². The highest BCUT2D eigenvalue weighted by atomic mass is 28.2. The fraction of sp³-hybridized carbons (Fsp3) is 1.00. The first kappa shape index (κ1) is 11.4. The maximum Gasteiger partial charge on any atom is 0.161 e. The predicted octanol–water partition coefficient (Wildman–Crippen LogP) is -2.60. The molecule has 8 heavy (non-hydrogen) atoms. The molecule has 0 radical (unpaired) electrons. The first-order valence-electron chi connectivity index (χ1n) is 2.58. The van der Waals surface area contributed by atoms with Crippen LogP contribution in [0.25, 0.3) is 0 Å². The summed E-state index contributed by atoms with van der Waals surface area (Å²) in [4.78, 5) is 0. The van der Waals surface area contributed by atoms with Gasteiger partial charge < -0.3 is 4.43 Å². The molecule has 1 aliphatic heterocycles. The lowest BCUT2D eigenvalue weighted by Crippen LogP contribution is -2.06. The van der Waals surface area contributed by atoms with Crippen molar-refractivity contribution in [2.45, 2.75) is 18.9 Å². The fourth-order valence-electron chi connectivity index (χ4n) is 0.687. The van der Waals surface area contributed by atoms with Crippen LogP contribution in [0.4, 0.5) is 0 Å². The zero-order valence-electron chi connectivity index (χ0n) is 3.94. The van der Waals surface area contributed by atoms with Crippen LogP contribution in [0, 0.1) is 0 Å². The fourth-order valence-corrected chi connectivity index (χ4v) is 1.86. The van der Waals surface area contributed by atoms with Gasteiger partial charge in [-0.25, -0.2) is 0 Å². The average Bonchev–Trinajstić information content (AvgIpc) is 1.72. The maximum absolute atomic E-state index is 5.21. The molecule has 52 valence electrons. The molecule has 0 aliphatic carbocycles. The molecule has 0 bridgehead atoms. The third kappa shape index (κ3) is 4.76. The predicted molar refractivity (Wildman–Crippen MR) is 51.2 cm³/mol. The Morgan fingerprint density at radius 3 is 2.00 bits per heavy atom. The summed E-state index contributed by atoms with van der Waals surface area (Å²) in [5.41, 5.74) is 0. The van der Waals surface area contributed by atoms with E-state index in [0.717, 1.165) is 6.61 Å². The SMILES string of the molecule is C1CC[SiH2]OC1.[SiH4].[SiH4]. The Morgan fingerprint density at radius 2 is 1.88 bits per heavy atom. The first-order chi connectivity index (χ1) is 3.00. The molecule has 0 amide bonds. The Labute approximate surface area is 62.2 Å². The van der Waals surface area contributed by atoms with Crippen LogP contribution in [0.3, 0.4) is 0 Å². The molecule has 0 aromatic heterocycles. The van der Waals surface area contributed by atoms with Gasteiger partial charge in [0.2, 0.25) is 0 Å². The van der Waals surface area contributed by atoms with Crippen molar-refractivity contribution >= 4 is 31.7 Å². The molecule has 1 fully saturated rings. The molecule has 0 unspecified atom stereocenters. The van der Waals surface area contributed by atoms with E-state index in [1.54, 1.807) is 0 Å². The van der Waals surface area contributed by atoms with Crippen LogP contribution in [-0.4, -0.2) is 38.3 Å². The maximum atomic E-state index is 5.21. The molecule has 1 aliphatic rings. The third-order valence-electron chi connectivity index (χ3n) is 1.08.